The van der Waals surface area contributed by atoms with Crippen molar-refractivity contribution in [3.63, 3.8) is 0 Å². The van der Waals surface area contributed by atoms with Gasteiger partial charge in [0.1, 0.15) is 5.01 Å². The lowest BCUT2D eigenvalue weighted by Gasteiger charge is -2.23. The fourth-order valence-corrected chi connectivity index (χ4v) is 5.00. The molecule has 1 amide bonds. The molecule has 2 heterocycles. The second-order valence-electron chi connectivity index (χ2n) is 7.51. The Balaban J connectivity index is 1.45. The van der Waals surface area contributed by atoms with E-state index < -0.39 is 0 Å². The molecule has 0 bridgehead atoms. The zero-order chi connectivity index (χ0) is 19.7. The lowest BCUT2D eigenvalue weighted by molar-refractivity contribution is -0.132. The summed E-state index contributed by atoms with van der Waals surface area (Å²) < 4.78 is 1.15. The summed E-state index contributed by atoms with van der Waals surface area (Å²) in [5.41, 5.74) is 3.76. The quantitative estimate of drug-likeness (QED) is 0.558. The molecule has 1 fully saturated rings. The molecule has 3 aromatic rings. The number of amides is 1. The minimum absolute atomic E-state index is 0.0423. The maximum atomic E-state index is 12.9. The van der Waals surface area contributed by atoms with E-state index in [1.807, 2.05) is 55.1 Å². The number of hydrogen-bond donors (Lipinski definition) is 0. The van der Waals surface area contributed by atoms with Gasteiger partial charge in [-0.2, -0.15) is 0 Å². The number of aryl methyl sites for hydroxylation is 2. The van der Waals surface area contributed by atoms with Crippen LogP contribution in [0, 0.1) is 13.8 Å². The number of carbonyl (C=O) groups is 2. The number of thiazole rings is 1. The average molecular weight is 393 g/mol. The first-order chi connectivity index (χ1) is 13.5. The molecule has 0 spiro atoms. The number of fused-ring (bicyclic) bond motifs is 1. The minimum Gasteiger partial charge on any atom is -0.333 e. The van der Waals surface area contributed by atoms with E-state index in [-0.39, 0.29) is 30.6 Å². The molecule has 1 unspecified atom stereocenters. The Hall–Kier alpha value is -2.53. The van der Waals surface area contributed by atoms with Crippen molar-refractivity contribution in [1.82, 2.24) is 9.88 Å². The lowest BCUT2D eigenvalue weighted by atomic mass is 9.99. The second kappa shape index (κ2) is 7.84. The van der Waals surface area contributed by atoms with Crippen molar-refractivity contribution in [3.8, 4) is 0 Å². The highest BCUT2D eigenvalue weighted by atomic mass is 32.1. The van der Waals surface area contributed by atoms with E-state index in [4.69, 9.17) is 4.98 Å². The molecule has 4 rings (SSSR count). The molecule has 1 aromatic heterocycles. The maximum Gasteiger partial charge on any atom is 0.223 e. The van der Waals surface area contributed by atoms with Crippen LogP contribution in [-0.2, 0) is 4.79 Å². The number of ketones is 1. The molecular weight excluding hydrogens is 368 g/mol. The number of Topliss-reactive ketones (excluding diaryl/α,β-unsaturated/α-hetero) is 1. The smallest absolute Gasteiger partial charge is 0.223 e. The van der Waals surface area contributed by atoms with Crippen LogP contribution in [0.1, 0.15) is 58.2 Å². The molecule has 5 heteroatoms. The molecule has 1 atom stereocenters. The van der Waals surface area contributed by atoms with E-state index in [0.29, 0.717) is 0 Å². The SMILES string of the molecule is Cc1ccc(C)c(C(=O)CCC(=O)N2CCCC2c2nc3ccccc3s2)c1. The van der Waals surface area contributed by atoms with Crippen LogP contribution in [0.25, 0.3) is 10.2 Å². The number of nitrogens with zero attached hydrogens (tertiary/aromatic N) is 2. The number of para-hydroxylation sites is 1. The molecule has 0 saturated carbocycles. The third kappa shape index (κ3) is 3.72. The largest absolute Gasteiger partial charge is 0.333 e. The third-order valence-electron chi connectivity index (χ3n) is 5.43. The first-order valence-corrected chi connectivity index (χ1v) is 10.6. The predicted octanol–water partition coefficient (Wildman–Crippen LogP) is 5.24. The number of benzene rings is 2. The fourth-order valence-electron chi connectivity index (χ4n) is 3.89. The maximum absolute atomic E-state index is 12.9. The Morgan fingerprint density at radius 2 is 1.96 bits per heavy atom. The van der Waals surface area contributed by atoms with Gasteiger partial charge in [-0.1, -0.05) is 29.8 Å². The Bertz CT molecular complexity index is 1010. The van der Waals surface area contributed by atoms with Crippen LogP contribution in [0.2, 0.25) is 0 Å². The van der Waals surface area contributed by atoms with Crippen molar-refractivity contribution in [1.29, 1.82) is 0 Å². The van der Waals surface area contributed by atoms with Crippen LogP contribution in [0.5, 0.6) is 0 Å². The highest BCUT2D eigenvalue weighted by Gasteiger charge is 2.32. The standard InChI is InChI=1S/C23H24N2O2S/c1-15-9-10-16(2)17(14-15)20(26)11-12-22(27)25-13-5-7-19(25)23-24-18-6-3-4-8-21(18)28-23/h3-4,6,8-10,14,19H,5,7,11-13H2,1-2H3. The molecule has 0 N–H and O–H groups in total. The van der Waals surface area contributed by atoms with Gasteiger partial charge in [-0.3, -0.25) is 9.59 Å². The van der Waals surface area contributed by atoms with Crippen LogP contribution >= 0.6 is 11.3 Å². The molecule has 2 aromatic carbocycles. The summed E-state index contributed by atoms with van der Waals surface area (Å²) in [6, 6.07) is 14.0. The highest BCUT2D eigenvalue weighted by molar-refractivity contribution is 7.18. The van der Waals surface area contributed by atoms with Crippen LogP contribution < -0.4 is 0 Å². The molecule has 0 aliphatic carbocycles. The molecule has 0 radical (unpaired) electrons. The molecule has 4 nitrogen and oxygen atoms in total. The van der Waals surface area contributed by atoms with Crippen molar-refractivity contribution in [3.05, 3.63) is 64.2 Å². The summed E-state index contributed by atoms with van der Waals surface area (Å²) >= 11 is 1.67. The van der Waals surface area contributed by atoms with Crippen molar-refractivity contribution >= 4 is 33.2 Å². The van der Waals surface area contributed by atoms with Crippen molar-refractivity contribution in [2.45, 2.75) is 45.6 Å². The first kappa shape index (κ1) is 18.8. The van der Waals surface area contributed by atoms with Crippen molar-refractivity contribution in [2.75, 3.05) is 6.54 Å². The van der Waals surface area contributed by atoms with Crippen molar-refractivity contribution < 1.29 is 9.59 Å². The van der Waals surface area contributed by atoms with Gasteiger partial charge in [0.25, 0.3) is 0 Å². The zero-order valence-corrected chi connectivity index (χ0v) is 17.1. The van der Waals surface area contributed by atoms with Gasteiger partial charge < -0.3 is 4.90 Å². The van der Waals surface area contributed by atoms with Crippen molar-refractivity contribution in [2.24, 2.45) is 0 Å². The number of carbonyl (C=O) groups excluding carboxylic acids is 2. The van der Waals surface area contributed by atoms with Gasteiger partial charge in [-0.15, -0.1) is 11.3 Å². The van der Waals surface area contributed by atoms with Crippen LogP contribution in [0.3, 0.4) is 0 Å². The Kier molecular flexibility index (Phi) is 5.27. The zero-order valence-electron chi connectivity index (χ0n) is 16.3. The molecule has 144 valence electrons. The van der Waals surface area contributed by atoms with E-state index in [9.17, 15) is 9.59 Å². The summed E-state index contributed by atoms with van der Waals surface area (Å²) in [7, 11) is 0. The minimum atomic E-state index is 0.0423. The van der Waals surface area contributed by atoms with Gasteiger partial charge in [-0.25, -0.2) is 4.98 Å². The Labute approximate surface area is 169 Å². The molecule has 1 aliphatic rings. The van der Waals surface area contributed by atoms with Crippen LogP contribution in [0.15, 0.2) is 42.5 Å². The molecular formula is C23H24N2O2S. The second-order valence-corrected chi connectivity index (χ2v) is 8.57. The highest BCUT2D eigenvalue weighted by Crippen LogP contribution is 2.36. The fraction of sp³-hybridized carbons (Fsp3) is 0.348. The summed E-state index contributed by atoms with van der Waals surface area (Å²) in [6.45, 7) is 4.67. The van der Waals surface area contributed by atoms with Gasteiger partial charge in [0.2, 0.25) is 5.91 Å². The van der Waals surface area contributed by atoms with Crippen LogP contribution in [0.4, 0.5) is 0 Å². The van der Waals surface area contributed by atoms with Gasteiger partial charge in [0.15, 0.2) is 5.78 Å². The number of aromatic nitrogens is 1. The molecule has 28 heavy (non-hydrogen) atoms. The Morgan fingerprint density at radius 3 is 2.79 bits per heavy atom. The van der Waals surface area contributed by atoms with Gasteiger partial charge in [0, 0.05) is 24.9 Å². The lowest BCUT2D eigenvalue weighted by Crippen LogP contribution is -2.30. The van der Waals surface area contributed by atoms with E-state index in [0.717, 1.165) is 51.3 Å². The number of likely N-dealkylation sites (tertiary alicyclic amines) is 1. The van der Waals surface area contributed by atoms with Crippen LogP contribution in [-0.4, -0.2) is 28.1 Å². The van der Waals surface area contributed by atoms with Gasteiger partial charge >= 0.3 is 0 Å². The number of rotatable bonds is 5. The van der Waals surface area contributed by atoms with Gasteiger partial charge in [0.05, 0.1) is 16.3 Å². The van der Waals surface area contributed by atoms with Gasteiger partial charge in [-0.05, 0) is 50.5 Å². The van der Waals surface area contributed by atoms with E-state index in [2.05, 4.69) is 6.07 Å². The van der Waals surface area contributed by atoms with E-state index >= 15 is 0 Å². The first-order valence-electron chi connectivity index (χ1n) is 9.78. The Morgan fingerprint density at radius 1 is 1.14 bits per heavy atom. The summed E-state index contributed by atoms with van der Waals surface area (Å²) in [4.78, 5) is 32.2. The average Bonchev–Trinajstić information content (AvgIpc) is 3.34. The number of hydrogen-bond acceptors (Lipinski definition) is 4. The summed E-state index contributed by atoms with van der Waals surface area (Å²) in [6.07, 6.45) is 2.44. The normalized spacial score (nSPS) is 16.6. The molecule has 1 aliphatic heterocycles. The monoisotopic (exact) mass is 392 g/mol. The third-order valence-corrected chi connectivity index (χ3v) is 6.57. The molecule has 1 saturated heterocycles. The summed E-state index contributed by atoms with van der Waals surface area (Å²) in [5, 5.41) is 1.01. The predicted molar refractivity (Wildman–Crippen MR) is 113 cm³/mol. The topological polar surface area (TPSA) is 50.3 Å². The van der Waals surface area contributed by atoms with E-state index in [1.165, 1.54) is 0 Å². The summed E-state index contributed by atoms with van der Waals surface area (Å²) in [5.74, 6) is 0.102. The van der Waals surface area contributed by atoms with E-state index in [1.54, 1.807) is 11.3 Å².